The molecule has 2 bridgehead atoms. The van der Waals surface area contributed by atoms with Crippen molar-refractivity contribution in [3.63, 3.8) is 0 Å². The van der Waals surface area contributed by atoms with Crippen LogP contribution in [0, 0.1) is 0 Å². The number of ether oxygens (including phenoxy) is 2. The summed E-state index contributed by atoms with van der Waals surface area (Å²) in [6.07, 6.45) is 9.14. The van der Waals surface area contributed by atoms with Crippen molar-refractivity contribution in [1.82, 2.24) is 34.5 Å². The van der Waals surface area contributed by atoms with Crippen LogP contribution in [0.4, 0.5) is 17.5 Å². The molecule has 4 aromatic heterocycles. The molecule has 0 saturated carbocycles. The lowest BCUT2D eigenvalue weighted by atomic mass is 10.2. The molecular weight excluding hydrogens is 482 g/mol. The number of nitrogens with one attached hydrogen (secondary N) is 1. The van der Waals surface area contributed by atoms with Gasteiger partial charge in [-0.05, 0) is 37.1 Å². The molecule has 5 aromatic rings. The quantitative estimate of drug-likeness (QED) is 0.378. The minimum Gasteiger partial charge on any atom is -0.456 e. The van der Waals surface area contributed by atoms with Crippen molar-refractivity contribution < 1.29 is 9.47 Å². The molecule has 7 rings (SSSR count). The van der Waals surface area contributed by atoms with Crippen LogP contribution in [-0.4, -0.2) is 59.8 Å². The molecule has 2 fully saturated rings. The monoisotopic (exact) mass is 501 g/mol. The first-order valence-electron chi connectivity index (χ1n) is 11.6. The molecule has 6 heterocycles. The number of hydrogen-bond donors (Lipinski definition) is 1. The Kier molecular flexibility index (Phi) is 5.03. The average Bonchev–Trinajstić information content (AvgIpc) is 3.50. The van der Waals surface area contributed by atoms with Crippen LogP contribution in [0.3, 0.4) is 0 Å². The Bertz CT molecular complexity index is 1580. The lowest BCUT2D eigenvalue weighted by Crippen LogP contribution is -2.43. The van der Waals surface area contributed by atoms with Gasteiger partial charge in [0.1, 0.15) is 35.2 Å². The number of fused-ring (bicyclic) bond motifs is 4. The van der Waals surface area contributed by atoms with Gasteiger partial charge in [0.25, 0.3) is 0 Å². The highest BCUT2D eigenvalue weighted by atomic mass is 35.5. The first-order valence-corrected chi connectivity index (χ1v) is 12.0. The van der Waals surface area contributed by atoms with E-state index in [1.54, 1.807) is 41.2 Å². The van der Waals surface area contributed by atoms with Crippen molar-refractivity contribution in [1.29, 1.82) is 0 Å². The van der Waals surface area contributed by atoms with Gasteiger partial charge >= 0.3 is 0 Å². The summed E-state index contributed by atoms with van der Waals surface area (Å²) in [5.41, 5.74) is 2.72. The van der Waals surface area contributed by atoms with E-state index in [1.807, 2.05) is 6.07 Å². The number of hydrogen-bond acceptors (Lipinski definition) is 10. The fraction of sp³-hybridized carbons (Fsp3) is 0.250. The lowest BCUT2D eigenvalue weighted by Gasteiger charge is -2.32. The second-order valence-corrected chi connectivity index (χ2v) is 9.19. The van der Waals surface area contributed by atoms with Crippen LogP contribution >= 0.6 is 11.6 Å². The molecule has 2 aliphatic heterocycles. The van der Waals surface area contributed by atoms with E-state index in [2.05, 4.69) is 35.3 Å². The van der Waals surface area contributed by atoms with E-state index >= 15 is 0 Å². The van der Waals surface area contributed by atoms with E-state index in [1.165, 1.54) is 12.7 Å². The van der Waals surface area contributed by atoms with Crippen molar-refractivity contribution in [2.75, 3.05) is 23.3 Å². The second kappa shape index (κ2) is 8.54. The SMILES string of the molecule is Clc1cc(Nc2ncnc3cnc(N4CC5CCC(C4)O5)nc23)ccc1Oc1ccn2ncnc2c1. The Labute approximate surface area is 210 Å². The fourth-order valence-corrected chi connectivity index (χ4v) is 4.87. The Hall–Kier alpha value is -4.09. The van der Waals surface area contributed by atoms with Gasteiger partial charge in [-0.25, -0.2) is 29.4 Å². The smallest absolute Gasteiger partial charge is 0.226 e. The molecule has 11 nitrogen and oxygen atoms in total. The molecule has 12 heteroatoms. The first kappa shape index (κ1) is 21.2. The van der Waals surface area contributed by atoms with Crippen LogP contribution in [0.25, 0.3) is 16.7 Å². The Balaban J connectivity index is 1.14. The number of rotatable bonds is 5. The van der Waals surface area contributed by atoms with Crippen LogP contribution in [0.15, 0.2) is 55.4 Å². The molecular formula is C24H20ClN9O2. The summed E-state index contributed by atoms with van der Waals surface area (Å²) in [6, 6.07) is 9.04. The van der Waals surface area contributed by atoms with E-state index in [9.17, 15) is 0 Å². The number of halogens is 1. The van der Waals surface area contributed by atoms with Crippen molar-refractivity contribution in [3.05, 3.63) is 60.4 Å². The second-order valence-electron chi connectivity index (χ2n) is 8.79. The summed E-state index contributed by atoms with van der Waals surface area (Å²) in [5, 5.41) is 7.84. The number of anilines is 3. The van der Waals surface area contributed by atoms with Crippen LogP contribution in [0.1, 0.15) is 12.8 Å². The number of benzene rings is 1. The molecule has 0 radical (unpaired) electrons. The predicted octanol–water partition coefficient (Wildman–Crippen LogP) is 4.02. The van der Waals surface area contributed by atoms with Crippen LogP contribution in [0.2, 0.25) is 5.02 Å². The minimum absolute atomic E-state index is 0.244. The maximum Gasteiger partial charge on any atom is 0.226 e. The third-order valence-electron chi connectivity index (χ3n) is 6.37. The highest BCUT2D eigenvalue weighted by Gasteiger charge is 2.34. The van der Waals surface area contributed by atoms with Crippen LogP contribution in [-0.2, 0) is 4.74 Å². The zero-order valence-corrected chi connectivity index (χ0v) is 19.7. The van der Waals surface area contributed by atoms with E-state index in [0.717, 1.165) is 31.6 Å². The van der Waals surface area contributed by atoms with E-state index < -0.39 is 0 Å². The van der Waals surface area contributed by atoms with Crippen LogP contribution in [0.5, 0.6) is 11.5 Å². The summed E-state index contributed by atoms with van der Waals surface area (Å²) in [6.45, 7) is 1.58. The summed E-state index contributed by atoms with van der Waals surface area (Å²) in [4.78, 5) is 24.5. The molecule has 2 saturated heterocycles. The van der Waals surface area contributed by atoms with Gasteiger partial charge in [0.2, 0.25) is 5.95 Å². The maximum absolute atomic E-state index is 6.55. The molecule has 0 spiro atoms. The van der Waals surface area contributed by atoms with Gasteiger partial charge in [0.15, 0.2) is 11.5 Å². The molecule has 0 amide bonds. The largest absolute Gasteiger partial charge is 0.456 e. The van der Waals surface area contributed by atoms with Crippen molar-refractivity contribution in [2.45, 2.75) is 25.0 Å². The third-order valence-corrected chi connectivity index (χ3v) is 6.66. The molecule has 1 N–H and O–H groups in total. The third kappa shape index (κ3) is 3.91. The molecule has 180 valence electrons. The van der Waals surface area contributed by atoms with E-state index in [4.69, 9.17) is 26.1 Å². The average molecular weight is 502 g/mol. The van der Waals surface area contributed by atoms with E-state index in [0.29, 0.717) is 45.0 Å². The summed E-state index contributed by atoms with van der Waals surface area (Å²) in [7, 11) is 0. The molecule has 2 unspecified atom stereocenters. The van der Waals surface area contributed by atoms with Crippen molar-refractivity contribution >= 4 is 45.7 Å². The summed E-state index contributed by atoms with van der Waals surface area (Å²) >= 11 is 6.55. The molecule has 36 heavy (non-hydrogen) atoms. The van der Waals surface area contributed by atoms with Crippen LogP contribution < -0.4 is 15.0 Å². The zero-order valence-electron chi connectivity index (χ0n) is 19.0. The fourth-order valence-electron chi connectivity index (χ4n) is 4.65. The van der Waals surface area contributed by atoms with Gasteiger partial charge in [-0.3, -0.25) is 0 Å². The van der Waals surface area contributed by atoms with Gasteiger partial charge in [0, 0.05) is 31.0 Å². The van der Waals surface area contributed by atoms with Gasteiger partial charge in [-0.15, -0.1) is 0 Å². The minimum atomic E-state index is 0.244. The highest BCUT2D eigenvalue weighted by Crippen LogP contribution is 2.34. The number of nitrogens with zero attached hydrogens (tertiary/aromatic N) is 8. The van der Waals surface area contributed by atoms with Gasteiger partial charge in [-0.2, -0.15) is 5.10 Å². The Morgan fingerprint density at radius 1 is 1.00 bits per heavy atom. The molecule has 2 atom stereocenters. The Morgan fingerprint density at radius 2 is 1.89 bits per heavy atom. The molecule has 2 aliphatic rings. The predicted molar refractivity (Wildman–Crippen MR) is 133 cm³/mol. The standard InChI is InChI=1S/C24H20ClN9O2/c25-18-7-14(1-4-20(18)36-15-5-6-34-21(8-15)28-13-30-34)31-23-22-19(27-12-29-23)9-26-24(32-22)33-10-16-2-3-17(11-33)35-16/h1,4-9,12-13,16-17H,2-3,10-11H2,(H,27,29,31). The zero-order chi connectivity index (χ0) is 24.1. The van der Waals surface area contributed by atoms with Gasteiger partial charge in [-0.1, -0.05) is 11.6 Å². The summed E-state index contributed by atoms with van der Waals surface area (Å²) in [5.74, 6) is 2.36. The molecule has 1 aromatic carbocycles. The maximum atomic E-state index is 6.55. The van der Waals surface area contributed by atoms with Crippen molar-refractivity contribution in [3.8, 4) is 11.5 Å². The topological polar surface area (TPSA) is 115 Å². The Morgan fingerprint density at radius 3 is 2.75 bits per heavy atom. The lowest BCUT2D eigenvalue weighted by molar-refractivity contribution is 0.0299. The normalized spacial score (nSPS) is 19.2. The highest BCUT2D eigenvalue weighted by molar-refractivity contribution is 6.32. The first-order chi connectivity index (χ1) is 17.7. The van der Waals surface area contributed by atoms with Crippen molar-refractivity contribution in [2.24, 2.45) is 0 Å². The number of pyridine rings is 1. The van der Waals surface area contributed by atoms with E-state index in [-0.39, 0.29) is 12.2 Å². The molecule has 0 aliphatic carbocycles. The number of aromatic nitrogens is 7. The van der Waals surface area contributed by atoms with Gasteiger partial charge in [0.05, 0.1) is 23.4 Å². The number of morpholine rings is 1. The summed E-state index contributed by atoms with van der Waals surface area (Å²) < 4.78 is 13.6. The van der Waals surface area contributed by atoms with Gasteiger partial charge < -0.3 is 19.7 Å².